The van der Waals surface area contributed by atoms with Crippen LogP contribution in [0.5, 0.6) is 0 Å². The Kier molecular flexibility index (Phi) is 5.19. The standard InChI is InChI=1S/C14H17BrClNS/c1-3-17(4-2)8-10-9-18-13-6-5-11(15)7-12(13)14(10)16/h5-7H,3-4,8-9H2,1-2H3. The van der Waals surface area contributed by atoms with Gasteiger partial charge in [-0.05, 0) is 36.9 Å². The first-order valence-electron chi connectivity index (χ1n) is 6.18. The summed E-state index contributed by atoms with van der Waals surface area (Å²) in [6.07, 6.45) is 0. The third-order valence-electron chi connectivity index (χ3n) is 3.20. The molecule has 0 amide bonds. The van der Waals surface area contributed by atoms with Gasteiger partial charge < -0.3 is 0 Å². The molecule has 0 saturated carbocycles. The van der Waals surface area contributed by atoms with E-state index in [9.17, 15) is 0 Å². The van der Waals surface area contributed by atoms with Crippen LogP contribution in [-0.4, -0.2) is 30.3 Å². The number of likely N-dealkylation sites (N-methyl/N-ethyl adjacent to an activating group) is 1. The van der Waals surface area contributed by atoms with Gasteiger partial charge >= 0.3 is 0 Å². The van der Waals surface area contributed by atoms with Gasteiger partial charge in [-0.15, -0.1) is 11.8 Å². The van der Waals surface area contributed by atoms with Crippen LogP contribution >= 0.6 is 39.3 Å². The van der Waals surface area contributed by atoms with Crippen molar-refractivity contribution in [3.63, 3.8) is 0 Å². The molecule has 0 aromatic heterocycles. The monoisotopic (exact) mass is 345 g/mol. The van der Waals surface area contributed by atoms with E-state index in [4.69, 9.17) is 11.6 Å². The highest BCUT2D eigenvalue weighted by Crippen LogP contribution is 2.40. The Morgan fingerprint density at radius 1 is 1.33 bits per heavy atom. The maximum absolute atomic E-state index is 6.56. The summed E-state index contributed by atoms with van der Waals surface area (Å²) in [5.41, 5.74) is 2.51. The van der Waals surface area contributed by atoms with E-state index in [1.54, 1.807) is 0 Å². The molecule has 1 heterocycles. The van der Waals surface area contributed by atoms with Gasteiger partial charge in [-0.2, -0.15) is 0 Å². The number of benzene rings is 1. The van der Waals surface area contributed by atoms with E-state index in [0.29, 0.717) is 0 Å². The lowest BCUT2D eigenvalue weighted by molar-refractivity contribution is 0.331. The summed E-state index contributed by atoms with van der Waals surface area (Å²) in [6.45, 7) is 7.50. The van der Waals surface area contributed by atoms with E-state index in [1.807, 2.05) is 11.8 Å². The van der Waals surface area contributed by atoms with E-state index in [-0.39, 0.29) is 0 Å². The molecule has 0 unspecified atom stereocenters. The van der Waals surface area contributed by atoms with Crippen molar-refractivity contribution in [2.75, 3.05) is 25.4 Å². The van der Waals surface area contributed by atoms with Crippen LogP contribution < -0.4 is 0 Å². The maximum atomic E-state index is 6.56. The molecule has 1 nitrogen and oxygen atoms in total. The second-order valence-corrected chi connectivity index (χ2v) is 6.62. The van der Waals surface area contributed by atoms with Crippen molar-refractivity contribution in [1.82, 2.24) is 4.90 Å². The lowest BCUT2D eigenvalue weighted by atomic mass is 10.1. The summed E-state index contributed by atoms with van der Waals surface area (Å²) in [5, 5.41) is 0.942. The van der Waals surface area contributed by atoms with Gasteiger partial charge in [-0.1, -0.05) is 41.4 Å². The van der Waals surface area contributed by atoms with Crippen LogP contribution in [0.1, 0.15) is 19.4 Å². The minimum Gasteiger partial charge on any atom is -0.300 e. The normalized spacial score (nSPS) is 15.2. The van der Waals surface area contributed by atoms with Crippen molar-refractivity contribution in [3.8, 4) is 0 Å². The zero-order valence-electron chi connectivity index (χ0n) is 10.7. The molecule has 1 aromatic rings. The molecular formula is C14H17BrClNS. The first-order valence-corrected chi connectivity index (χ1v) is 8.34. The quantitative estimate of drug-likeness (QED) is 0.767. The van der Waals surface area contributed by atoms with Gasteiger partial charge in [-0.25, -0.2) is 0 Å². The number of hydrogen-bond donors (Lipinski definition) is 0. The van der Waals surface area contributed by atoms with Crippen molar-refractivity contribution >= 4 is 44.3 Å². The Labute approximate surface area is 127 Å². The lowest BCUT2D eigenvalue weighted by Gasteiger charge is -2.25. The summed E-state index contributed by atoms with van der Waals surface area (Å²) < 4.78 is 1.09. The number of rotatable bonds is 4. The van der Waals surface area contributed by atoms with Gasteiger partial charge in [0.2, 0.25) is 0 Å². The molecule has 4 heteroatoms. The summed E-state index contributed by atoms with van der Waals surface area (Å²) >= 11 is 12.0. The predicted molar refractivity (Wildman–Crippen MR) is 85.4 cm³/mol. The third kappa shape index (κ3) is 3.13. The SMILES string of the molecule is CCN(CC)CC1=C(Cl)c2cc(Br)ccc2SC1. The molecule has 2 rings (SSSR count). The van der Waals surface area contributed by atoms with Crippen LogP contribution in [-0.2, 0) is 0 Å². The van der Waals surface area contributed by atoms with Crippen molar-refractivity contribution in [3.05, 3.63) is 33.8 Å². The summed E-state index contributed by atoms with van der Waals surface area (Å²) in [5.74, 6) is 1.00. The highest BCUT2D eigenvalue weighted by Gasteiger charge is 2.19. The fraction of sp³-hybridized carbons (Fsp3) is 0.429. The highest BCUT2D eigenvalue weighted by molar-refractivity contribution is 9.10. The molecule has 98 valence electrons. The van der Waals surface area contributed by atoms with Gasteiger partial charge in [-0.3, -0.25) is 4.90 Å². The van der Waals surface area contributed by atoms with E-state index in [2.05, 4.69) is 52.9 Å². The van der Waals surface area contributed by atoms with Crippen molar-refractivity contribution in [1.29, 1.82) is 0 Å². The van der Waals surface area contributed by atoms with Gasteiger partial charge in [0, 0.05) is 27.2 Å². The van der Waals surface area contributed by atoms with Crippen LogP contribution in [0, 0.1) is 0 Å². The number of nitrogens with zero attached hydrogens (tertiary/aromatic N) is 1. The molecule has 1 aliphatic rings. The minimum absolute atomic E-state index is 0.942. The molecule has 0 fully saturated rings. The van der Waals surface area contributed by atoms with E-state index >= 15 is 0 Å². The van der Waals surface area contributed by atoms with E-state index < -0.39 is 0 Å². The second kappa shape index (κ2) is 6.47. The van der Waals surface area contributed by atoms with Crippen LogP contribution in [0.15, 0.2) is 33.1 Å². The molecule has 0 saturated heterocycles. The fourth-order valence-electron chi connectivity index (χ4n) is 2.05. The zero-order valence-corrected chi connectivity index (χ0v) is 13.8. The molecule has 0 aliphatic carbocycles. The Morgan fingerprint density at radius 3 is 2.72 bits per heavy atom. The summed E-state index contributed by atoms with van der Waals surface area (Å²) in [7, 11) is 0. The first-order chi connectivity index (χ1) is 8.65. The van der Waals surface area contributed by atoms with Crippen molar-refractivity contribution in [2.24, 2.45) is 0 Å². The Bertz CT molecular complexity index is 469. The van der Waals surface area contributed by atoms with Crippen LogP contribution in [0.25, 0.3) is 5.03 Å². The Hall–Kier alpha value is 0.0400. The van der Waals surface area contributed by atoms with Crippen LogP contribution in [0.2, 0.25) is 0 Å². The second-order valence-electron chi connectivity index (χ2n) is 4.31. The lowest BCUT2D eigenvalue weighted by Crippen LogP contribution is -2.26. The fourth-order valence-corrected chi connectivity index (χ4v) is 3.88. The van der Waals surface area contributed by atoms with Crippen molar-refractivity contribution in [2.45, 2.75) is 18.7 Å². The molecule has 0 radical (unpaired) electrons. The number of hydrogen-bond acceptors (Lipinski definition) is 2. The Morgan fingerprint density at radius 2 is 2.06 bits per heavy atom. The predicted octanol–water partition coefficient (Wildman–Crippen LogP) is 4.85. The topological polar surface area (TPSA) is 3.24 Å². The first kappa shape index (κ1) is 14.4. The maximum Gasteiger partial charge on any atom is 0.0503 e. The highest BCUT2D eigenvalue weighted by atomic mass is 79.9. The number of thioether (sulfide) groups is 1. The molecular weight excluding hydrogens is 330 g/mol. The van der Waals surface area contributed by atoms with Gasteiger partial charge in [0.25, 0.3) is 0 Å². The van der Waals surface area contributed by atoms with Crippen molar-refractivity contribution < 1.29 is 0 Å². The molecule has 0 atom stereocenters. The summed E-state index contributed by atoms with van der Waals surface area (Å²) in [4.78, 5) is 3.69. The summed E-state index contributed by atoms with van der Waals surface area (Å²) in [6, 6.07) is 6.33. The zero-order chi connectivity index (χ0) is 13.1. The molecule has 18 heavy (non-hydrogen) atoms. The average molecular weight is 347 g/mol. The largest absolute Gasteiger partial charge is 0.300 e. The molecule has 0 N–H and O–H groups in total. The minimum atomic E-state index is 0.942. The van der Waals surface area contributed by atoms with Gasteiger partial charge in [0.15, 0.2) is 0 Å². The number of fused-ring (bicyclic) bond motifs is 1. The molecule has 0 spiro atoms. The average Bonchev–Trinajstić information content (AvgIpc) is 2.39. The van der Waals surface area contributed by atoms with Crippen LogP contribution in [0.3, 0.4) is 0 Å². The molecule has 1 aromatic carbocycles. The Balaban J connectivity index is 2.29. The number of halogens is 2. The molecule has 1 aliphatic heterocycles. The smallest absolute Gasteiger partial charge is 0.0503 e. The van der Waals surface area contributed by atoms with Gasteiger partial charge in [0.05, 0.1) is 5.03 Å². The van der Waals surface area contributed by atoms with E-state index in [1.165, 1.54) is 16.0 Å². The van der Waals surface area contributed by atoms with Crippen LogP contribution in [0.4, 0.5) is 0 Å². The molecule has 0 bridgehead atoms. The van der Waals surface area contributed by atoms with Gasteiger partial charge in [0.1, 0.15) is 0 Å². The van der Waals surface area contributed by atoms with E-state index in [0.717, 1.165) is 34.9 Å². The third-order valence-corrected chi connectivity index (χ3v) is 5.32.